The first-order valence-corrected chi connectivity index (χ1v) is 11.9. The van der Waals surface area contributed by atoms with Gasteiger partial charge in [0.1, 0.15) is 5.75 Å². The molecule has 3 aromatic rings. The van der Waals surface area contributed by atoms with E-state index < -0.39 is 22.1 Å². The fraction of sp³-hybridized carbons (Fsp3) is 0.364. The number of fused-ring (bicyclic) bond motifs is 1. The summed E-state index contributed by atoms with van der Waals surface area (Å²) in [7, 11) is -3.92. The van der Waals surface area contributed by atoms with E-state index in [4.69, 9.17) is 0 Å². The fourth-order valence-corrected chi connectivity index (χ4v) is 5.28. The van der Waals surface area contributed by atoms with Crippen LogP contribution in [0.25, 0.3) is 10.9 Å². The summed E-state index contributed by atoms with van der Waals surface area (Å²) in [5.74, 6) is -0.559. The number of aromatic nitrogens is 2. The zero-order valence-electron chi connectivity index (χ0n) is 17.9. The minimum Gasteiger partial charge on any atom is -0.406 e. The van der Waals surface area contributed by atoms with Crippen LogP contribution in [0, 0.1) is 6.92 Å². The lowest BCUT2D eigenvalue weighted by Gasteiger charge is -2.34. The van der Waals surface area contributed by atoms with Crippen LogP contribution in [0.1, 0.15) is 11.4 Å². The van der Waals surface area contributed by atoms with Crippen molar-refractivity contribution in [2.45, 2.75) is 24.6 Å². The number of rotatable bonds is 6. The van der Waals surface area contributed by atoms with Crippen molar-refractivity contribution in [3.05, 3.63) is 60.0 Å². The average Bonchev–Trinajstić information content (AvgIpc) is 2.77. The van der Waals surface area contributed by atoms with Crippen LogP contribution in [0.4, 0.5) is 13.2 Å². The maximum absolute atomic E-state index is 12.9. The molecule has 33 heavy (non-hydrogen) atoms. The number of benzene rings is 1. The van der Waals surface area contributed by atoms with Crippen LogP contribution in [0.15, 0.2) is 53.6 Å². The summed E-state index contributed by atoms with van der Waals surface area (Å²) in [5, 5.41) is 1.02. The number of hydrogen-bond acceptors (Lipinski definition) is 6. The van der Waals surface area contributed by atoms with Gasteiger partial charge in [-0.3, -0.25) is 9.97 Å². The maximum atomic E-state index is 12.9. The first kappa shape index (κ1) is 23.4. The van der Waals surface area contributed by atoms with Crippen LogP contribution < -0.4 is 4.74 Å². The molecule has 0 radical (unpaired) electrons. The smallest absolute Gasteiger partial charge is 0.406 e. The summed E-state index contributed by atoms with van der Waals surface area (Å²) in [4.78, 5) is 10.9. The van der Waals surface area contributed by atoms with Gasteiger partial charge in [0.05, 0.1) is 10.4 Å². The number of alkyl halides is 3. The molecule has 1 fully saturated rings. The summed E-state index contributed by atoms with van der Waals surface area (Å²) in [6, 6.07) is 10.4. The molecule has 11 heteroatoms. The van der Waals surface area contributed by atoms with Crippen molar-refractivity contribution in [3.8, 4) is 5.75 Å². The molecule has 0 bridgehead atoms. The highest BCUT2D eigenvalue weighted by Crippen LogP contribution is 2.27. The largest absolute Gasteiger partial charge is 0.573 e. The highest BCUT2D eigenvalue weighted by Gasteiger charge is 2.33. The Morgan fingerprint density at radius 3 is 2.55 bits per heavy atom. The molecule has 3 heterocycles. The van der Waals surface area contributed by atoms with E-state index in [-0.39, 0.29) is 18.0 Å². The molecule has 4 rings (SSSR count). The summed E-state index contributed by atoms with van der Waals surface area (Å²) in [5.41, 5.74) is 2.77. The van der Waals surface area contributed by atoms with Crippen LogP contribution in [0.3, 0.4) is 0 Å². The Kier molecular flexibility index (Phi) is 6.55. The number of sulfonamides is 1. The lowest BCUT2D eigenvalue weighted by Crippen LogP contribution is -2.49. The van der Waals surface area contributed by atoms with Crippen LogP contribution in [-0.2, 0) is 16.4 Å². The third kappa shape index (κ3) is 5.60. The quantitative estimate of drug-likeness (QED) is 0.539. The van der Waals surface area contributed by atoms with E-state index >= 15 is 0 Å². The van der Waals surface area contributed by atoms with E-state index in [1.54, 1.807) is 6.20 Å². The minimum atomic E-state index is -4.89. The van der Waals surface area contributed by atoms with E-state index in [1.165, 1.54) is 16.4 Å². The van der Waals surface area contributed by atoms with Gasteiger partial charge in [-0.2, -0.15) is 4.31 Å². The monoisotopic (exact) mass is 480 g/mol. The molecule has 0 spiro atoms. The van der Waals surface area contributed by atoms with E-state index in [9.17, 15) is 21.6 Å². The van der Waals surface area contributed by atoms with Gasteiger partial charge in [-0.05, 0) is 37.3 Å². The predicted molar refractivity (Wildman–Crippen MR) is 116 cm³/mol. The molecule has 0 unspecified atom stereocenters. The lowest BCUT2D eigenvalue weighted by atomic mass is 10.1. The summed E-state index contributed by atoms with van der Waals surface area (Å²) < 4.78 is 68.3. The molecule has 0 saturated carbocycles. The maximum Gasteiger partial charge on any atom is 0.573 e. The Labute approximate surface area is 189 Å². The van der Waals surface area contributed by atoms with Crippen molar-refractivity contribution >= 4 is 20.9 Å². The topological polar surface area (TPSA) is 75.6 Å². The SMILES string of the molecule is Cc1nccc2nc(CCN3CCN(S(=O)(=O)c4cccc(OC(F)(F)F)c4)CC3)ccc12. The normalized spacial score (nSPS) is 16.2. The van der Waals surface area contributed by atoms with E-state index in [1.807, 2.05) is 25.1 Å². The molecule has 1 aromatic carbocycles. The molecule has 0 aliphatic carbocycles. The van der Waals surface area contributed by atoms with Crippen molar-refractivity contribution in [2.75, 3.05) is 32.7 Å². The van der Waals surface area contributed by atoms with Crippen molar-refractivity contribution in [1.29, 1.82) is 0 Å². The zero-order chi connectivity index (χ0) is 23.6. The van der Waals surface area contributed by atoms with Crippen LogP contribution >= 0.6 is 0 Å². The number of halogens is 3. The van der Waals surface area contributed by atoms with Gasteiger partial charge >= 0.3 is 6.36 Å². The van der Waals surface area contributed by atoms with E-state index in [0.717, 1.165) is 47.4 Å². The molecule has 1 aliphatic heterocycles. The molecule has 1 aliphatic rings. The molecule has 0 amide bonds. The van der Waals surface area contributed by atoms with Crippen LogP contribution in [0.5, 0.6) is 5.75 Å². The number of aryl methyl sites for hydroxylation is 1. The Morgan fingerprint density at radius 2 is 1.82 bits per heavy atom. The van der Waals surface area contributed by atoms with Gasteiger partial charge in [0.25, 0.3) is 0 Å². The van der Waals surface area contributed by atoms with Gasteiger partial charge in [-0.15, -0.1) is 13.2 Å². The molecule has 0 N–H and O–H groups in total. The van der Waals surface area contributed by atoms with Gasteiger partial charge < -0.3 is 9.64 Å². The first-order valence-electron chi connectivity index (χ1n) is 10.4. The molecular formula is C22H23F3N4O3S. The fourth-order valence-electron chi connectivity index (χ4n) is 3.83. The third-order valence-electron chi connectivity index (χ3n) is 5.57. The van der Waals surface area contributed by atoms with E-state index in [0.29, 0.717) is 13.1 Å². The highest BCUT2D eigenvalue weighted by molar-refractivity contribution is 7.89. The minimum absolute atomic E-state index is 0.220. The molecule has 2 aromatic heterocycles. The number of piperazine rings is 1. The van der Waals surface area contributed by atoms with Gasteiger partial charge in [-0.25, -0.2) is 8.42 Å². The predicted octanol–water partition coefficient (Wildman–Crippen LogP) is 3.39. The number of hydrogen-bond donors (Lipinski definition) is 0. The van der Waals surface area contributed by atoms with Crippen molar-refractivity contribution < 1.29 is 26.3 Å². The average molecular weight is 481 g/mol. The van der Waals surface area contributed by atoms with Crippen molar-refractivity contribution in [2.24, 2.45) is 0 Å². The van der Waals surface area contributed by atoms with Crippen molar-refractivity contribution in [3.63, 3.8) is 0 Å². The number of ether oxygens (including phenoxy) is 1. The Bertz CT molecular complexity index is 1240. The lowest BCUT2D eigenvalue weighted by molar-refractivity contribution is -0.274. The van der Waals surface area contributed by atoms with Crippen molar-refractivity contribution in [1.82, 2.24) is 19.2 Å². The van der Waals surface area contributed by atoms with Crippen LogP contribution in [-0.4, -0.2) is 66.7 Å². The Morgan fingerprint density at radius 1 is 1.06 bits per heavy atom. The van der Waals surface area contributed by atoms with E-state index in [2.05, 4.69) is 19.6 Å². The molecule has 176 valence electrons. The third-order valence-corrected chi connectivity index (χ3v) is 7.46. The second kappa shape index (κ2) is 9.24. The summed E-state index contributed by atoms with van der Waals surface area (Å²) in [6.45, 7) is 4.22. The summed E-state index contributed by atoms with van der Waals surface area (Å²) >= 11 is 0. The Balaban J connectivity index is 1.35. The van der Waals surface area contributed by atoms with Crippen LogP contribution in [0.2, 0.25) is 0 Å². The summed E-state index contributed by atoms with van der Waals surface area (Å²) in [6.07, 6.45) is -2.43. The van der Waals surface area contributed by atoms with Gasteiger partial charge in [0.15, 0.2) is 0 Å². The molecule has 0 atom stereocenters. The molecular weight excluding hydrogens is 457 g/mol. The second-order valence-electron chi connectivity index (χ2n) is 7.78. The zero-order valence-corrected chi connectivity index (χ0v) is 18.7. The number of pyridine rings is 2. The second-order valence-corrected chi connectivity index (χ2v) is 9.72. The first-order chi connectivity index (χ1) is 15.6. The van der Waals surface area contributed by atoms with Gasteiger partial charge in [0, 0.05) is 68.2 Å². The standard InChI is InChI=1S/C22H23F3N4O3S/c1-16-20-6-5-17(27-21(20)7-9-26-16)8-10-28-11-13-29(14-12-28)33(30,31)19-4-2-3-18(15-19)32-22(23,24)25/h2-7,9,15H,8,10-14H2,1H3. The highest BCUT2D eigenvalue weighted by atomic mass is 32.2. The van der Waals surface area contributed by atoms with Gasteiger partial charge in [0.2, 0.25) is 10.0 Å². The number of nitrogens with zero attached hydrogens (tertiary/aromatic N) is 4. The van der Waals surface area contributed by atoms with Gasteiger partial charge in [-0.1, -0.05) is 6.07 Å². The molecule has 1 saturated heterocycles. The molecule has 7 nitrogen and oxygen atoms in total. The Hall–Kier alpha value is -2.76.